The number of hydrogen-bond acceptors (Lipinski definition) is 6. The van der Waals surface area contributed by atoms with Crippen LogP contribution in [0.3, 0.4) is 0 Å². The SMILES string of the molecule is Cn1c(NCCc2n[nH]c(=S)n2C2CC2)c(C#N)c(=O)n(C)c1=O. The van der Waals surface area contributed by atoms with Crippen LogP contribution in [0.5, 0.6) is 0 Å². The standard InChI is InChI=1S/C14H17N7O2S/c1-19-11(9(7-15)12(22)20(2)14(19)23)16-6-5-10-17-18-13(24)21(10)8-3-4-8/h8,16H,3-6H2,1-2H3,(H,18,24). The van der Waals surface area contributed by atoms with E-state index in [1.165, 1.54) is 18.7 Å². The maximum atomic E-state index is 12.0. The van der Waals surface area contributed by atoms with Gasteiger partial charge in [-0.1, -0.05) is 0 Å². The van der Waals surface area contributed by atoms with E-state index in [9.17, 15) is 14.9 Å². The lowest BCUT2D eigenvalue weighted by molar-refractivity contribution is 0.666. The molecule has 126 valence electrons. The van der Waals surface area contributed by atoms with Crippen molar-refractivity contribution >= 4 is 18.0 Å². The van der Waals surface area contributed by atoms with E-state index in [2.05, 4.69) is 15.5 Å². The quantitative estimate of drug-likeness (QED) is 0.747. The average Bonchev–Trinajstić information content (AvgIpc) is 3.34. The van der Waals surface area contributed by atoms with Gasteiger partial charge in [0.1, 0.15) is 17.7 Å². The fourth-order valence-electron chi connectivity index (χ4n) is 2.67. The van der Waals surface area contributed by atoms with Gasteiger partial charge in [0.2, 0.25) is 0 Å². The number of aromatic amines is 1. The van der Waals surface area contributed by atoms with E-state index >= 15 is 0 Å². The zero-order valence-electron chi connectivity index (χ0n) is 13.4. The van der Waals surface area contributed by atoms with Crippen molar-refractivity contribution in [1.29, 1.82) is 5.26 Å². The molecule has 2 N–H and O–H groups in total. The van der Waals surface area contributed by atoms with E-state index in [4.69, 9.17) is 12.2 Å². The highest BCUT2D eigenvalue weighted by Crippen LogP contribution is 2.35. The molecule has 0 spiro atoms. The molecule has 1 aliphatic rings. The van der Waals surface area contributed by atoms with Crippen LogP contribution in [-0.4, -0.2) is 30.4 Å². The predicted octanol–water partition coefficient (Wildman–Crippen LogP) is 0.199. The Kier molecular flexibility index (Phi) is 4.11. The highest BCUT2D eigenvalue weighted by atomic mass is 32.1. The van der Waals surface area contributed by atoms with Crippen molar-refractivity contribution in [3.05, 3.63) is 37.0 Å². The van der Waals surface area contributed by atoms with Gasteiger partial charge in [0.05, 0.1) is 0 Å². The van der Waals surface area contributed by atoms with Crippen LogP contribution in [0.25, 0.3) is 0 Å². The van der Waals surface area contributed by atoms with E-state index in [1.807, 2.05) is 10.6 Å². The minimum Gasteiger partial charge on any atom is -0.370 e. The van der Waals surface area contributed by atoms with Crippen LogP contribution in [-0.2, 0) is 20.5 Å². The largest absolute Gasteiger partial charge is 0.370 e. The first kappa shape index (κ1) is 16.2. The zero-order valence-corrected chi connectivity index (χ0v) is 14.2. The Hall–Kier alpha value is -2.67. The van der Waals surface area contributed by atoms with Gasteiger partial charge in [-0.2, -0.15) is 10.4 Å². The van der Waals surface area contributed by atoms with Crippen molar-refractivity contribution in [1.82, 2.24) is 23.9 Å². The number of rotatable bonds is 5. The number of anilines is 1. The second kappa shape index (κ2) is 6.09. The van der Waals surface area contributed by atoms with Crippen molar-refractivity contribution in [3.8, 4) is 6.07 Å². The van der Waals surface area contributed by atoms with Gasteiger partial charge in [-0.05, 0) is 25.1 Å². The molecule has 0 unspecified atom stereocenters. The molecule has 1 fully saturated rings. The Labute approximate surface area is 142 Å². The van der Waals surface area contributed by atoms with Crippen molar-refractivity contribution in [3.63, 3.8) is 0 Å². The molecule has 3 rings (SSSR count). The minimum absolute atomic E-state index is 0.0827. The van der Waals surface area contributed by atoms with E-state index in [0.29, 0.717) is 23.8 Å². The van der Waals surface area contributed by atoms with Crippen LogP contribution < -0.4 is 16.6 Å². The van der Waals surface area contributed by atoms with E-state index < -0.39 is 11.2 Å². The maximum Gasteiger partial charge on any atom is 0.332 e. The highest BCUT2D eigenvalue weighted by molar-refractivity contribution is 7.71. The zero-order chi connectivity index (χ0) is 17.4. The van der Waals surface area contributed by atoms with Gasteiger partial charge in [-0.3, -0.25) is 19.0 Å². The van der Waals surface area contributed by atoms with Crippen molar-refractivity contribution in [2.75, 3.05) is 11.9 Å². The maximum absolute atomic E-state index is 12.0. The average molecular weight is 347 g/mol. The molecule has 0 aliphatic heterocycles. The van der Waals surface area contributed by atoms with Gasteiger partial charge in [-0.25, -0.2) is 4.79 Å². The van der Waals surface area contributed by atoms with E-state index in [0.717, 1.165) is 23.2 Å². The third-order valence-corrected chi connectivity index (χ3v) is 4.39. The fraction of sp³-hybridized carbons (Fsp3) is 0.500. The predicted molar refractivity (Wildman–Crippen MR) is 89.5 cm³/mol. The third kappa shape index (κ3) is 2.67. The van der Waals surface area contributed by atoms with Crippen LogP contribution in [0, 0.1) is 16.1 Å². The van der Waals surface area contributed by atoms with Crippen molar-refractivity contribution in [2.24, 2.45) is 14.1 Å². The molecule has 0 aromatic carbocycles. The smallest absolute Gasteiger partial charge is 0.332 e. The normalized spacial score (nSPS) is 13.7. The number of nitrogens with zero attached hydrogens (tertiary/aromatic N) is 5. The molecule has 2 heterocycles. The molecular weight excluding hydrogens is 330 g/mol. The molecule has 0 atom stereocenters. The Balaban J connectivity index is 1.84. The van der Waals surface area contributed by atoms with Gasteiger partial charge in [0.15, 0.2) is 10.3 Å². The van der Waals surface area contributed by atoms with Gasteiger partial charge < -0.3 is 9.88 Å². The van der Waals surface area contributed by atoms with Gasteiger partial charge in [0, 0.05) is 33.1 Å². The van der Waals surface area contributed by atoms with Crippen LogP contribution in [0.1, 0.15) is 30.3 Å². The Morgan fingerprint density at radius 3 is 2.71 bits per heavy atom. The van der Waals surface area contributed by atoms with Crippen LogP contribution in [0.15, 0.2) is 9.59 Å². The molecule has 0 bridgehead atoms. The molecule has 0 radical (unpaired) electrons. The van der Waals surface area contributed by atoms with Gasteiger partial charge >= 0.3 is 5.69 Å². The molecule has 2 aromatic rings. The summed E-state index contributed by atoms with van der Waals surface area (Å²) in [7, 11) is 2.87. The minimum atomic E-state index is -0.608. The summed E-state index contributed by atoms with van der Waals surface area (Å²) >= 11 is 5.23. The van der Waals surface area contributed by atoms with Crippen molar-refractivity contribution in [2.45, 2.75) is 25.3 Å². The van der Waals surface area contributed by atoms with Gasteiger partial charge in [0.25, 0.3) is 5.56 Å². The molecule has 1 aliphatic carbocycles. The first-order chi connectivity index (χ1) is 11.5. The monoisotopic (exact) mass is 347 g/mol. The molecule has 0 saturated heterocycles. The summed E-state index contributed by atoms with van der Waals surface area (Å²) in [5, 5.41) is 19.3. The lowest BCUT2D eigenvalue weighted by Crippen LogP contribution is -2.40. The Morgan fingerprint density at radius 1 is 1.38 bits per heavy atom. The molecule has 1 saturated carbocycles. The molecule has 2 aromatic heterocycles. The summed E-state index contributed by atoms with van der Waals surface area (Å²) in [6.07, 6.45) is 2.74. The first-order valence-electron chi connectivity index (χ1n) is 7.55. The number of H-pyrrole nitrogens is 1. The summed E-state index contributed by atoms with van der Waals surface area (Å²) in [6.45, 7) is 0.418. The van der Waals surface area contributed by atoms with Crippen molar-refractivity contribution < 1.29 is 0 Å². The first-order valence-corrected chi connectivity index (χ1v) is 7.96. The second-order valence-electron chi connectivity index (χ2n) is 5.76. The third-order valence-electron chi connectivity index (χ3n) is 4.11. The number of nitriles is 1. The van der Waals surface area contributed by atoms with Gasteiger partial charge in [-0.15, -0.1) is 0 Å². The summed E-state index contributed by atoms with van der Waals surface area (Å²) in [6, 6.07) is 2.28. The summed E-state index contributed by atoms with van der Waals surface area (Å²) in [4.78, 5) is 24.0. The highest BCUT2D eigenvalue weighted by Gasteiger charge is 2.27. The summed E-state index contributed by atoms with van der Waals surface area (Å²) in [5.74, 6) is 1.04. The van der Waals surface area contributed by atoms with E-state index in [1.54, 1.807) is 0 Å². The number of hydrogen-bond donors (Lipinski definition) is 2. The lowest BCUT2D eigenvalue weighted by Gasteiger charge is -2.13. The van der Waals surface area contributed by atoms with Crippen LogP contribution in [0.2, 0.25) is 0 Å². The molecular formula is C14H17N7O2S. The Morgan fingerprint density at radius 2 is 2.08 bits per heavy atom. The van der Waals surface area contributed by atoms with Crippen LogP contribution in [0.4, 0.5) is 5.82 Å². The summed E-state index contributed by atoms with van der Waals surface area (Å²) < 4.78 is 4.79. The molecule has 0 amide bonds. The molecule has 10 heteroatoms. The summed E-state index contributed by atoms with van der Waals surface area (Å²) in [5.41, 5.74) is -1.17. The Bertz CT molecular complexity index is 1000. The fourth-order valence-corrected chi connectivity index (χ4v) is 2.97. The van der Waals surface area contributed by atoms with E-state index in [-0.39, 0.29) is 11.4 Å². The molecule has 24 heavy (non-hydrogen) atoms. The topological polar surface area (TPSA) is 113 Å². The molecule has 9 nitrogen and oxygen atoms in total. The second-order valence-corrected chi connectivity index (χ2v) is 6.15. The number of aromatic nitrogens is 5. The van der Waals surface area contributed by atoms with Crippen LogP contribution >= 0.6 is 12.2 Å². The number of nitrogens with one attached hydrogen (secondary N) is 2. The lowest BCUT2D eigenvalue weighted by atomic mass is 10.3.